The van der Waals surface area contributed by atoms with E-state index in [9.17, 15) is 8.42 Å². The molecule has 9 heteroatoms. The molecule has 2 rings (SSSR count). The lowest BCUT2D eigenvalue weighted by atomic mass is 10.3. The van der Waals surface area contributed by atoms with E-state index in [-0.39, 0.29) is 23.3 Å². The molecule has 0 radical (unpaired) electrons. The van der Waals surface area contributed by atoms with Crippen molar-refractivity contribution in [2.45, 2.75) is 31.7 Å². The van der Waals surface area contributed by atoms with Gasteiger partial charge in [-0.25, -0.2) is 18.1 Å². The summed E-state index contributed by atoms with van der Waals surface area (Å²) in [6.07, 6.45) is 1.36. The van der Waals surface area contributed by atoms with Crippen molar-refractivity contribution >= 4 is 33.5 Å². The Morgan fingerprint density at radius 1 is 1.41 bits per heavy atom. The summed E-state index contributed by atoms with van der Waals surface area (Å²) in [6, 6.07) is 1.69. The second-order valence-electron chi connectivity index (χ2n) is 5.06. The van der Waals surface area contributed by atoms with E-state index < -0.39 is 10.0 Å². The van der Waals surface area contributed by atoms with Gasteiger partial charge in [0.25, 0.3) is 0 Å². The van der Waals surface area contributed by atoms with Crippen molar-refractivity contribution in [3.63, 3.8) is 0 Å². The molecule has 124 valence electrons. The molecule has 0 aliphatic heterocycles. The van der Waals surface area contributed by atoms with Crippen molar-refractivity contribution in [3.8, 4) is 0 Å². The first kappa shape index (κ1) is 18.8. The first-order valence-corrected chi connectivity index (χ1v) is 8.36. The number of halogens is 1. The second kappa shape index (κ2) is 7.36. The Morgan fingerprint density at radius 2 is 2.09 bits per heavy atom. The lowest BCUT2D eigenvalue weighted by Crippen LogP contribution is -2.38. The van der Waals surface area contributed by atoms with Gasteiger partial charge in [-0.3, -0.25) is 4.68 Å². The van der Waals surface area contributed by atoms with Gasteiger partial charge in [0, 0.05) is 31.2 Å². The van der Waals surface area contributed by atoms with Crippen LogP contribution in [0.3, 0.4) is 0 Å². The molecule has 2 aromatic heterocycles. The van der Waals surface area contributed by atoms with Crippen LogP contribution in [-0.2, 0) is 17.1 Å². The van der Waals surface area contributed by atoms with Crippen molar-refractivity contribution in [1.29, 1.82) is 0 Å². The van der Waals surface area contributed by atoms with Gasteiger partial charge in [-0.2, -0.15) is 5.10 Å². The normalized spacial score (nSPS) is 13.1. The van der Waals surface area contributed by atoms with Gasteiger partial charge in [-0.05, 0) is 26.5 Å². The Hall–Kier alpha value is -1.22. The van der Waals surface area contributed by atoms with E-state index in [1.807, 2.05) is 20.8 Å². The quantitative estimate of drug-likeness (QED) is 0.813. The van der Waals surface area contributed by atoms with Gasteiger partial charge >= 0.3 is 0 Å². The van der Waals surface area contributed by atoms with Crippen LogP contribution in [0.2, 0.25) is 0 Å². The highest BCUT2D eigenvalue weighted by Gasteiger charge is 2.18. The number of sulfonamides is 1. The molecule has 0 bridgehead atoms. The number of nitrogens with zero attached hydrogens (tertiary/aromatic N) is 3. The number of fused-ring (bicyclic) bond motifs is 1. The molecule has 22 heavy (non-hydrogen) atoms. The fraction of sp³-hybridized carbons (Fsp3) is 0.538. The maximum atomic E-state index is 12.3. The van der Waals surface area contributed by atoms with Crippen molar-refractivity contribution in [1.82, 2.24) is 24.8 Å². The summed E-state index contributed by atoms with van der Waals surface area (Å²) in [5.41, 5.74) is 1.44. The third-order valence-electron chi connectivity index (χ3n) is 3.28. The van der Waals surface area contributed by atoms with E-state index in [4.69, 9.17) is 0 Å². The Kier molecular flexibility index (Phi) is 6.30. The average Bonchev–Trinajstić information content (AvgIpc) is 2.72. The Morgan fingerprint density at radius 3 is 2.73 bits per heavy atom. The zero-order chi connectivity index (χ0) is 15.6. The highest BCUT2D eigenvalue weighted by molar-refractivity contribution is 7.89. The van der Waals surface area contributed by atoms with Crippen LogP contribution in [0.5, 0.6) is 0 Å². The highest BCUT2D eigenvalue weighted by atomic mass is 35.5. The molecular formula is C13H22ClN5O2S. The van der Waals surface area contributed by atoms with E-state index >= 15 is 0 Å². The van der Waals surface area contributed by atoms with Gasteiger partial charge in [0.15, 0.2) is 5.65 Å². The largest absolute Gasteiger partial charge is 0.313 e. The minimum absolute atomic E-state index is 0. The van der Waals surface area contributed by atoms with Crippen LogP contribution in [0.4, 0.5) is 0 Å². The van der Waals surface area contributed by atoms with E-state index in [1.165, 1.54) is 6.20 Å². The first-order chi connectivity index (χ1) is 9.85. The van der Waals surface area contributed by atoms with E-state index in [0.717, 1.165) is 17.6 Å². The molecule has 0 amide bonds. The molecule has 0 saturated heterocycles. The molecule has 0 unspecified atom stereocenters. The number of aryl methyl sites for hydroxylation is 2. The van der Waals surface area contributed by atoms with Crippen LogP contribution >= 0.6 is 12.4 Å². The number of hydrogen-bond donors (Lipinski definition) is 2. The molecule has 2 N–H and O–H groups in total. The zero-order valence-corrected chi connectivity index (χ0v) is 14.8. The van der Waals surface area contributed by atoms with Gasteiger partial charge in [0.05, 0.1) is 5.69 Å². The molecule has 0 saturated carbocycles. The van der Waals surface area contributed by atoms with Gasteiger partial charge < -0.3 is 5.32 Å². The summed E-state index contributed by atoms with van der Waals surface area (Å²) >= 11 is 0. The summed E-state index contributed by atoms with van der Waals surface area (Å²) < 4.78 is 28.8. The third-order valence-corrected chi connectivity index (χ3v) is 4.67. The Bertz CT molecular complexity index is 744. The van der Waals surface area contributed by atoms with Gasteiger partial charge in [-0.15, -0.1) is 12.4 Å². The summed E-state index contributed by atoms with van der Waals surface area (Å²) in [5, 5.41) is 8.15. The fourth-order valence-electron chi connectivity index (χ4n) is 2.17. The first-order valence-electron chi connectivity index (χ1n) is 6.87. The summed E-state index contributed by atoms with van der Waals surface area (Å²) in [7, 11) is -1.78. The molecule has 0 aliphatic carbocycles. The molecule has 1 atom stereocenters. The molecule has 7 nitrogen and oxygen atoms in total. The van der Waals surface area contributed by atoms with Gasteiger partial charge in [-0.1, -0.05) is 6.92 Å². The van der Waals surface area contributed by atoms with E-state index in [2.05, 4.69) is 20.1 Å². The maximum absolute atomic E-state index is 12.3. The summed E-state index contributed by atoms with van der Waals surface area (Å²) in [6.45, 7) is 6.87. The Labute approximate surface area is 137 Å². The van der Waals surface area contributed by atoms with Gasteiger partial charge in [0.1, 0.15) is 4.90 Å². The van der Waals surface area contributed by atoms with Crippen LogP contribution in [-0.4, -0.2) is 42.3 Å². The lowest BCUT2D eigenvalue weighted by molar-refractivity contribution is 0.536. The Balaban J connectivity index is 0.00000242. The smallest absolute Gasteiger partial charge is 0.242 e. The number of likely N-dealkylation sites (N-methyl/N-ethyl adjacent to an activating group) is 1. The predicted molar refractivity (Wildman–Crippen MR) is 88.8 cm³/mol. The van der Waals surface area contributed by atoms with E-state index in [1.54, 1.807) is 17.8 Å². The highest BCUT2D eigenvalue weighted by Crippen LogP contribution is 2.19. The summed E-state index contributed by atoms with van der Waals surface area (Å²) in [5.74, 6) is 0. The van der Waals surface area contributed by atoms with E-state index in [0.29, 0.717) is 12.2 Å². The molecule has 0 aliphatic rings. The SMILES string of the molecule is CCN[C@H](C)CNS(=O)(=O)c1cnc2c(c1)c(C)nn2C.Cl. The second-order valence-corrected chi connectivity index (χ2v) is 6.83. The zero-order valence-electron chi connectivity index (χ0n) is 13.1. The van der Waals surface area contributed by atoms with Crippen molar-refractivity contribution in [2.75, 3.05) is 13.1 Å². The van der Waals surface area contributed by atoms with Crippen molar-refractivity contribution < 1.29 is 8.42 Å². The molecule has 2 heterocycles. The molecular weight excluding hydrogens is 326 g/mol. The minimum atomic E-state index is -3.56. The van der Waals surface area contributed by atoms with Crippen molar-refractivity contribution in [2.24, 2.45) is 7.05 Å². The predicted octanol–water partition coefficient (Wildman–Crippen LogP) is 0.975. The lowest BCUT2D eigenvalue weighted by Gasteiger charge is -2.13. The van der Waals surface area contributed by atoms with Crippen LogP contribution in [0.15, 0.2) is 17.2 Å². The summed E-state index contributed by atoms with van der Waals surface area (Å²) in [4.78, 5) is 4.36. The van der Waals surface area contributed by atoms with Gasteiger partial charge in [0.2, 0.25) is 10.0 Å². The standard InChI is InChI=1S/C13H21N5O2S.ClH/c1-5-14-9(2)7-16-21(19,20)11-6-12-10(3)17-18(4)13(12)15-8-11;/h6,8-9,14,16H,5,7H2,1-4H3;1H/t9-;/m1./s1. The molecule has 0 aromatic carbocycles. The number of pyridine rings is 1. The topological polar surface area (TPSA) is 88.9 Å². The monoisotopic (exact) mass is 347 g/mol. The number of rotatable bonds is 6. The average molecular weight is 348 g/mol. The molecule has 2 aromatic rings. The van der Waals surface area contributed by atoms with Crippen LogP contribution in [0.25, 0.3) is 11.0 Å². The number of nitrogens with one attached hydrogen (secondary N) is 2. The van der Waals surface area contributed by atoms with Crippen molar-refractivity contribution in [3.05, 3.63) is 18.0 Å². The maximum Gasteiger partial charge on any atom is 0.242 e. The molecule has 0 spiro atoms. The van der Waals surface area contributed by atoms with Crippen LogP contribution in [0, 0.1) is 6.92 Å². The molecule has 0 fully saturated rings. The number of aromatic nitrogens is 3. The fourth-order valence-corrected chi connectivity index (χ4v) is 3.27. The van der Waals surface area contributed by atoms with Crippen LogP contribution in [0.1, 0.15) is 19.5 Å². The van der Waals surface area contributed by atoms with Crippen LogP contribution < -0.4 is 10.0 Å². The minimum Gasteiger partial charge on any atom is -0.313 e. The third kappa shape index (κ3) is 3.95. The number of hydrogen-bond acceptors (Lipinski definition) is 5.